The Balaban J connectivity index is 2.82. The van der Waals surface area contributed by atoms with Gasteiger partial charge in [0.2, 0.25) is 0 Å². The van der Waals surface area contributed by atoms with Gasteiger partial charge in [0.05, 0.1) is 0 Å². The Morgan fingerprint density at radius 3 is 2.86 bits per heavy atom. The van der Waals surface area contributed by atoms with Crippen LogP contribution in [-0.2, 0) is 0 Å². The smallest absolute Gasteiger partial charge is 0.128 e. The Bertz CT molecular complexity index is 284. The monoisotopic (exact) mass is 193 g/mol. The minimum atomic E-state index is 0.0757. The van der Waals surface area contributed by atoms with Crippen molar-refractivity contribution in [2.24, 2.45) is 5.73 Å². The van der Waals surface area contributed by atoms with Crippen molar-refractivity contribution in [2.45, 2.75) is 26.3 Å². The number of nitrogens with two attached hydrogens (primary N) is 1. The van der Waals surface area contributed by atoms with Gasteiger partial charge in [-0.3, -0.25) is 0 Å². The van der Waals surface area contributed by atoms with E-state index in [1.54, 1.807) is 0 Å². The number of pyridine rings is 1. The SMILES string of the molecule is CCCN(C)c1cc([C@@H](C)N)ccn1. The first-order chi connectivity index (χ1) is 6.65. The van der Waals surface area contributed by atoms with Crippen molar-refractivity contribution in [1.29, 1.82) is 0 Å². The van der Waals surface area contributed by atoms with E-state index in [1.807, 2.05) is 19.2 Å². The summed E-state index contributed by atoms with van der Waals surface area (Å²) in [4.78, 5) is 6.46. The Labute approximate surface area is 85.9 Å². The lowest BCUT2D eigenvalue weighted by atomic mass is 10.1. The fraction of sp³-hybridized carbons (Fsp3) is 0.545. The average Bonchev–Trinajstić information content (AvgIpc) is 2.18. The molecule has 0 aliphatic rings. The molecule has 78 valence electrons. The molecule has 0 spiro atoms. The fourth-order valence-electron chi connectivity index (χ4n) is 1.38. The third-order valence-electron chi connectivity index (χ3n) is 2.25. The minimum Gasteiger partial charge on any atom is -0.360 e. The summed E-state index contributed by atoms with van der Waals surface area (Å²) in [5.41, 5.74) is 6.95. The van der Waals surface area contributed by atoms with E-state index in [0.717, 1.165) is 24.3 Å². The van der Waals surface area contributed by atoms with E-state index in [1.165, 1.54) is 0 Å². The molecule has 1 aromatic heterocycles. The summed E-state index contributed by atoms with van der Waals surface area (Å²) in [7, 11) is 2.05. The molecule has 0 amide bonds. The maximum absolute atomic E-state index is 5.81. The summed E-state index contributed by atoms with van der Waals surface area (Å²) in [5.74, 6) is 1.00. The maximum atomic E-state index is 5.81. The largest absolute Gasteiger partial charge is 0.360 e. The van der Waals surface area contributed by atoms with Gasteiger partial charge in [0.1, 0.15) is 5.82 Å². The fourth-order valence-corrected chi connectivity index (χ4v) is 1.38. The van der Waals surface area contributed by atoms with Crippen molar-refractivity contribution in [2.75, 3.05) is 18.5 Å². The molecule has 0 saturated heterocycles. The van der Waals surface area contributed by atoms with Crippen LogP contribution in [0.4, 0.5) is 5.82 Å². The van der Waals surface area contributed by atoms with E-state index in [4.69, 9.17) is 5.73 Å². The van der Waals surface area contributed by atoms with Gasteiger partial charge in [0.25, 0.3) is 0 Å². The molecule has 1 atom stereocenters. The lowest BCUT2D eigenvalue weighted by molar-refractivity contribution is 0.802. The minimum absolute atomic E-state index is 0.0757. The summed E-state index contributed by atoms with van der Waals surface area (Å²) >= 11 is 0. The number of rotatable bonds is 4. The van der Waals surface area contributed by atoms with Crippen LogP contribution in [-0.4, -0.2) is 18.6 Å². The first-order valence-corrected chi connectivity index (χ1v) is 5.07. The molecule has 1 aromatic rings. The van der Waals surface area contributed by atoms with Crippen LogP contribution >= 0.6 is 0 Å². The van der Waals surface area contributed by atoms with Crippen molar-refractivity contribution >= 4 is 5.82 Å². The molecule has 3 nitrogen and oxygen atoms in total. The molecule has 3 heteroatoms. The van der Waals surface area contributed by atoms with E-state index in [2.05, 4.69) is 29.9 Å². The second-order valence-electron chi connectivity index (χ2n) is 3.66. The summed E-state index contributed by atoms with van der Waals surface area (Å²) in [6, 6.07) is 4.10. The zero-order chi connectivity index (χ0) is 10.6. The molecule has 1 heterocycles. The van der Waals surface area contributed by atoms with Gasteiger partial charge in [-0.05, 0) is 31.0 Å². The lowest BCUT2D eigenvalue weighted by Crippen LogP contribution is -2.19. The van der Waals surface area contributed by atoms with E-state index in [-0.39, 0.29) is 6.04 Å². The lowest BCUT2D eigenvalue weighted by Gasteiger charge is -2.18. The summed E-state index contributed by atoms with van der Waals surface area (Å²) < 4.78 is 0. The second-order valence-corrected chi connectivity index (χ2v) is 3.66. The van der Waals surface area contributed by atoms with Gasteiger partial charge in [0, 0.05) is 25.8 Å². The Morgan fingerprint density at radius 2 is 2.29 bits per heavy atom. The van der Waals surface area contributed by atoms with Crippen LogP contribution in [0.3, 0.4) is 0 Å². The average molecular weight is 193 g/mol. The second kappa shape index (κ2) is 4.96. The highest BCUT2D eigenvalue weighted by molar-refractivity contribution is 5.40. The molecular formula is C11H19N3. The maximum Gasteiger partial charge on any atom is 0.128 e. The van der Waals surface area contributed by atoms with Crippen LogP contribution in [0.15, 0.2) is 18.3 Å². The van der Waals surface area contributed by atoms with Gasteiger partial charge < -0.3 is 10.6 Å². The molecule has 0 radical (unpaired) electrons. The highest BCUT2D eigenvalue weighted by Gasteiger charge is 2.04. The van der Waals surface area contributed by atoms with Gasteiger partial charge in [0.15, 0.2) is 0 Å². The van der Waals surface area contributed by atoms with Crippen molar-refractivity contribution in [3.63, 3.8) is 0 Å². The normalized spacial score (nSPS) is 12.6. The van der Waals surface area contributed by atoms with Crippen LogP contribution in [0.5, 0.6) is 0 Å². The third kappa shape index (κ3) is 2.70. The van der Waals surface area contributed by atoms with Gasteiger partial charge in [-0.2, -0.15) is 0 Å². The predicted molar refractivity (Wildman–Crippen MR) is 60.4 cm³/mol. The molecule has 0 aromatic carbocycles. The molecule has 0 unspecified atom stereocenters. The number of hydrogen-bond acceptors (Lipinski definition) is 3. The van der Waals surface area contributed by atoms with Crippen LogP contribution < -0.4 is 10.6 Å². The number of anilines is 1. The molecule has 0 aliphatic heterocycles. The molecule has 2 N–H and O–H groups in total. The molecular weight excluding hydrogens is 174 g/mol. The molecule has 0 saturated carbocycles. The highest BCUT2D eigenvalue weighted by atomic mass is 15.2. The van der Waals surface area contributed by atoms with Gasteiger partial charge in [-0.1, -0.05) is 6.92 Å². The molecule has 0 bridgehead atoms. The van der Waals surface area contributed by atoms with Gasteiger partial charge in [-0.15, -0.1) is 0 Å². The number of nitrogens with zero attached hydrogens (tertiary/aromatic N) is 2. The van der Waals surface area contributed by atoms with Crippen molar-refractivity contribution in [3.8, 4) is 0 Å². The van der Waals surface area contributed by atoms with Crippen molar-refractivity contribution in [1.82, 2.24) is 4.98 Å². The summed E-state index contributed by atoms with van der Waals surface area (Å²) in [6.45, 7) is 5.17. The quantitative estimate of drug-likeness (QED) is 0.794. The zero-order valence-electron chi connectivity index (χ0n) is 9.20. The van der Waals surface area contributed by atoms with Gasteiger partial charge in [-0.25, -0.2) is 4.98 Å². The molecule has 1 rings (SSSR count). The van der Waals surface area contributed by atoms with E-state index < -0.39 is 0 Å². The zero-order valence-corrected chi connectivity index (χ0v) is 9.20. The van der Waals surface area contributed by atoms with E-state index >= 15 is 0 Å². The predicted octanol–water partition coefficient (Wildman–Crippen LogP) is 1.95. The van der Waals surface area contributed by atoms with E-state index in [0.29, 0.717) is 0 Å². The Kier molecular flexibility index (Phi) is 3.89. The summed E-state index contributed by atoms with van der Waals surface area (Å²) in [6.07, 6.45) is 2.95. The van der Waals surface area contributed by atoms with Crippen LogP contribution in [0, 0.1) is 0 Å². The molecule has 0 fully saturated rings. The Hall–Kier alpha value is -1.09. The van der Waals surface area contributed by atoms with E-state index in [9.17, 15) is 0 Å². The number of hydrogen-bond donors (Lipinski definition) is 1. The first-order valence-electron chi connectivity index (χ1n) is 5.07. The van der Waals surface area contributed by atoms with Crippen molar-refractivity contribution in [3.05, 3.63) is 23.9 Å². The Morgan fingerprint density at radius 1 is 1.57 bits per heavy atom. The summed E-state index contributed by atoms with van der Waals surface area (Å²) in [5, 5.41) is 0. The third-order valence-corrected chi connectivity index (χ3v) is 2.25. The van der Waals surface area contributed by atoms with Crippen LogP contribution in [0.2, 0.25) is 0 Å². The standard InChI is InChI=1S/C11H19N3/c1-4-7-14(3)11-8-10(9(2)12)5-6-13-11/h5-6,8-9H,4,7,12H2,1-3H3/t9-/m1/s1. The van der Waals surface area contributed by atoms with Crippen LogP contribution in [0.1, 0.15) is 31.9 Å². The topological polar surface area (TPSA) is 42.1 Å². The number of aromatic nitrogens is 1. The van der Waals surface area contributed by atoms with Crippen LogP contribution in [0.25, 0.3) is 0 Å². The first kappa shape index (κ1) is 11.0. The van der Waals surface area contributed by atoms with Crippen molar-refractivity contribution < 1.29 is 0 Å². The highest BCUT2D eigenvalue weighted by Crippen LogP contribution is 2.15. The van der Waals surface area contributed by atoms with Gasteiger partial charge >= 0.3 is 0 Å². The molecule has 0 aliphatic carbocycles. The molecule has 14 heavy (non-hydrogen) atoms.